The minimum Gasteiger partial charge on any atom is -0.356 e. The van der Waals surface area contributed by atoms with Crippen molar-refractivity contribution in [1.82, 2.24) is 0 Å². The van der Waals surface area contributed by atoms with E-state index >= 15 is 0 Å². The molecule has 1 aliphatic heterocycles. The van der Waals surface area contributed by atoms with Crippen molar-refractivity contribution >= 4 is 0 Å². The topological polar surface area (TPSA) is 12.5 Å². The minimum absolute atomic E-state index is 0.261. The molecule has 0 N–H and O–H groups in total. The fraction of sp³-hybridized carbons (Fsp3) is 0.778. The van der Waals surface area contributed by atoms with Crippen LogP contribution in [-0.2, 0) is 4.74 Å². The molecule has 56 valence electrons. The Morgan fingerprint density at radius 1 is 1.50 bits per heavy atom. The van der Waals surface area contributed by atoms with E-state index in [2.05, 4.69) is 25.7 Å². The summed E-state index contributed by atoms with van der Waals surface area (Å²) in [6, 6.07) is 0. The van der Waals surface area contributed by atoms with E-state index in [0.29, 0.717) is 6.10 Å². The van der Waals surface area contributed by atoms with Crippen LogP contribution in [0.4, 0.5) is 0 Å². The van der Waals surface area contributed by atoms with Gasteiger partial charge in [-0.15, -0.1) is 5.92 Å². The Morgan fingerprint density at radius 2 is 2.20 bits per heavy atom. The molecule has 2 unspecified atom stereocenters. The molecule has 2 atom stereocenters. The average molecular weight is 138 g/mol. The molecule has 1 aliphatic rings. The van der Waals surface area contributed by atoms with Gasteiger partial charge in [-0.1, -0.05) is 19.3 Å². The van der Waals surface area contributed by atoms with E-state index < -0.39 is 0 Å². The standard InChI is InChI=1S/C9H14O/c1-3-4-5-6-7-9-8(2)10-9/h8-9H,3-5H2,1-2H3. The summed E-state index contributed by atoms with van der Waals surface area (Å²) < 4.78 is 5.12. The summed E-state index contributed by atoms with van der Waals surface area (Å²) in [5.74, 6) is 6.17. The third-order valence-corrected chi connectivity index (χ3v) is 1.61. The second kappa shape index (κ2) is 3.63. The van der Waals surface area contributed by atoms with Gasteiger partial charge in [0.05, 0.1) is 6.10 Å². The molecule has 1 fully saturated rings. The van der Waals surface area contributed by atoms with Crippen molar-refractivity contribution in [3.63, 3.8) is 0 Å². The van der Waals surface area contributed by atoms with Gasteiger partial charge in [-0.25, -0.2) is 0 Å². The van der Waals surface area contributed by atoms with Crippen LogP contribution in [0, 0.1) is 11.8 Å². The number of unbranched alkanes of at least 4 members (excludes halogenated alkanes) is 2. The van der Waals surface area contributed by atoms with Gasteiger partial charge in [0.1, 0.15) is 6.10 Å². The summed E-state index contributed by atoms with van der Waals surface area (Å²) in [5.41, 5.74) is 0. The average Bonchev–Trinajstić information content (AvgIpc) is 2.60. The van der Waals surface area contributed by atoms with Crippen LogP contribution in [0.2, 0.25) is 0 Å². The summed E-state index contributed by atoms with van der Waals surface area (Å²) in [6.07, 6.45) is 4.14. The van der Waals surface area contributed by atoms with E-state index in [9.17, 15) is 0 Å². The number of hydrogen-bond donors (Lipinski definition) is 0. The van der Waals surface area contributed by atoms with Gasteiger partial charge in [0.25, 0.3) is 0 Å². The van der Waals surface area contributed by atoms with Crippen LogP contribution >= 0.6 is 0 Å². The summed E-state index contributed by atoms with van der Waals surface area (Å²) in [4.78, 5) is 0. The zero-order valence-corrected chi connectivity index (χ0v) is 6.68. The third-order valence-electron chi connectivity index (χ3n) is 1.61. The molecular formula is C9H14O. The van der Waals surface area contributed by atoms with Gasteiger partial charge >= 0.3 is 0 Å². The van der Waals surface area contributed by atoms with Crippen molar-refractivity contribution in [1.29, 1.82) is 0 Å². The largest absolute Gasteiger partial charge is 0.356 e. The van der Waals surface area contributed by atoms with Crippen LogP contribution in [0.25, 0.3) is 0 Å². The molecule has 1 heterocycles. The summed E-state index contributed by atoms with van der Waals surface area (Å²) >= 11 is 0. The van der Waals surface area contributed by atoms with Gasteiger partial charge < -0.3 is 4.74 Å². The maximum atomic E-state index is 5.12. The highest BCUT2D eigenvalue weighted by atomic mass is 16.6. The predicted molar refractivity (Wildman–Crippen MR) is 41.6 cm³/mol. The molecule has 0 aliphatic carbocycles. The van der Waals surface area contributed by atoms with E-state index in [1.165, 1.54) is 12.8 Å². The molecule has 1 rings (SSSR count). The van der Waals surface area contributed by atoms with Crippen LogP contribution < -0.4 is 0 Å². The molecule has 1 nitrogen and oxygen atoms in total. The Labute approximate surface area is 62.8 Å². The van der Waals surface area contributed by atoms with Crippen molar-refractivity contribution in [2.45, 2.75) is 45.3 Å². The summed E-state index contributed by atoms with van der Waals surface area (Å²) in [7, 11) is 0. The monoisotopic (exact) mass is 138 g/mol. The van der Waals surface area contributed by atoms with Crippen molar-refractivity contribution < 1.29 is 4.74 Å². The van der Waals surface area contributed by atoms with E-state index in [0.717, 1.165) is 6.42 Å². The maximum Gasteiger partial charge on any atom is 0.144 e. The zero-order chi connectivity index (χ0) is 7.40. The smallest absolute Gasteiger partial charge is 0.144 e. The first-order chi connectivity index (χ1) is 4.84. The molecule has 0 spiro atoms. The first kappa shape index (κ1) is 7.63. The summed E-state index contributed by atoms with van der Waals surface area (Å²) in [6.45, 7) is 4.23. The third kappa shape index (κ3) is 2.41. The molecule has 0 amide bonds. The fourth-order valence-corrected chi connectivity index (χ4v) is 0.775. The van der Waals surface area contributed by atoms with Crippen LogP contribution in [0.1, 0.15) is 33.1 Å². The van der Waals surface area contributed by atoms with Crippen molar-refractivity contribution in [2.75, 3.05) is 0 Å². The van der Waals surface area contributed by atoms with Crippen LogP contribution in [0.15, 0.2) is 0 Å². The molecule has 0 aromatic carbocycles. The Morgan fingerprint density at radius 3 is 2.70 bits per heavy atom. The molecular weight excluding hydrogens is 124 g/mol. The normalized spacial score (nSPS) is 29.0. The van der Waals surface area contributed by atoms with Gasteiger partial charge in [0.15, 0.2) is 0 Å². The highest BCUT2D eigenvalue weighted by molar-refractivity contribution is 5.12. The van der Waals surface area contributed by atoms with E-state index in [1.54, 1.807) is 0 Å². The maximum absolute atomic E-state index is 5.12. The predicted octanol–water partition coefficient (Wildman–Crippen LogP) is 1.97. The van der Waals surface area contributed by atoms with Crippen LogP contribution in [0.3, 0.4) is 0 Å². The number of ether oxygens (including phenoxy) is 1. The zero-order valence-electron chi connectivity index (χ0n) is 6.68. The van der Waals surface area contributed by atoms with E-state index in [-0.39, 0.29) is 6.10 Å². The molecule has 1 heteroatoms. The highest BCUT2D eigenvalue weighted by Gasteiger charge is 2.31. The lowest BCUT2D eigenvalue weighted by Crippen LogP contribution is -1.81. The Hall–Kier alpha value is -0.480. The molecule has 0 aromatic rings. The van der Waals surface area contributed by atoms with Gasteiger partial charge in [-0.2, -0.15) is 0 Å². The van der Waals surface area contributed by atoms with E-state index in [1.807, 2.05) is 0 Å². The molecule has 0 radical (unpaired) electrons. The van der Waals surface area contributed by atoms with Gasteiger partial charge in [-0.3, -0.25) is 0 Å². The van der Waals surface area contributed by atoms with Gasteiger partial charge in [-0.05, 0) is 13.3 Å². The number of rotatable bonds is 2. The minimum atomic E-state index is 0.261. The second-order valence-corrected chi connectivity index (χ2v) is 2.69. The quantitative estimate of drug-likeness (QED) is 0.323. The lowest BCUT2D eigenvalue weighted by atomic mass is 10.2. The molecule has 0 saturated carbocycles. The first-order valence-electron chi connectivity index (χ1n) is 3.98. The van der Waals surface area contributed by atoms with Crippen molar-refractivity contribution in [3.8, 4) is 11.8 Å². The Balaban J connectivity index is 2.03. The second-order valence-electron chi connectivity index (χ2n) is 2.69. The van der Waals surface area contributed by atoms with Crippen LogP contribution in [0.5, 0.6) is 0 Å². The van der Waals surface area contributed by atoms with E-state index in [4.69, 9.17) is 4.74 Å². The van der Waals surface area contributed by atoms with Crippen LogP contribution in [-0.4, -0.2) is 12.2 Å². The molecule has 10 heavy (non-hydrogen) atoms. The van der Waals surface area contributed by atoms with Gasteiger partial charge in [0, 0.05) is 6.42 Å². The lowest BCUT2D eigenvalue weighted by Gasteiger charge is -1.82. The number of hydrogen-bond acceptors (Lipinski definition) is 1. The van der Waals surface area contributed by atoms with Crippen molar-refractivity contribution in [3.05, 3.63) is 0 Å². The molecule has 0 bridgehead atoms. The molecule has 0 aromatic heterocycles. The Bertz CT molecular complexity index is 152. The lowest BCUT2D eigenvalue weighted by molar-refractivity contribution is 0.403. The van der Waals surface area contributed by atoms with Crippen molar-refractivity contribution in [2.24, 2.45) is 0 Å². The molecule has 1 saturated heterocycles. The SMILES string of the molecule is CCCCC#CC1OC1C. The summed E-state index contributed by atoms with van der Waals surface area (Å²) in [5, 5.41) is 0. The number of epoxide rings is 1. The fourth-order valence-electron chi connectivity index (χ4n) is 0.775. The van der Waals surface area contributed by atoms with Gasteiger partial charge in [0.2, 0.25) is 0 Å². The highest BCUT2D eigenvalue weighted by Crippen LogP contribution is 2.19. The first-order valence-corrected chi connectivity index (χ1v) is 3.98. The Kier molecular flexibility index (Phi) is 2.77.